The van der Waals surface area contributed by atoms with Gasteiger partial charge in [-0.3, -0.25) is 4.68 Å². The minimum Gasteiger partial charge on any atom is -0.425 e. The summed E-state index contributed by atoms with van der Waals surface area (Å²) in [6.45, 7) is 0. The first kappa shape index (κ1) is 13.6. The van der Waals surface area contributed by atoms with E-state index in [0.717, 1.165) is 16.6 Å². The molecule has 0 amide bonds. The third-order valence-corrected chi connectivity index (χ3v) is 2.98. The fourth-order valence-electron chi connectivity index (χ4n) is 2.07. The Balaban J connectivity index is 1.83. The average molecular weight is 291 g/mol. The Labute approximate surface area is 127 Å². The summed E-state index contributed by atoms with van der Waals surface area (Å²) in [4.78, 5) is 3.67. The molecule has 0 fully saturated rings. The highest BCUT2D eigenvalue weighted by Gasteiger charge is 2.06. The van der Waals surface area contributed by atoms with E-state index < -0.39 is 0 Å². The molecule has 0 radical (unpaired) electrons. The van der Waals surface area contributed by atoms with Crippen molar-refractivity contribution in [2.24, 2.45) is 12.0 Å². The number of amidine groups is 1. The average Bonchev–Trinajstić information content (AvgIpc) is 2.88. The van der Waals surface area contributed by atoms with Gasteiger partial charge in [-0.1, -0.05) is 18.2 Å². The van der Waals surface area contributed by atoms with Crippen LogP contribution in [0.25, 0.3) is 10.9 Å². The zero-order chi connectivity index (χ0) is 15.4. The lowest BCUT2D eigenvalue weighted by Crippen LogP contribution is -2.19. The zero-order valence-electron chi connectivity index (χ0n) is 11.9. The Kier molecular flexibility index (Phi) is 3.70. The van der Waals surface area contributed by atoms with E-state index >= 15 is 0 Å². The summed E-state index contributed by atoms with van der Waals surface area (Å²) >= 11 is 0. The minimum absolute atomic E-state index is 0.122. The number of benzene rings is 2. The van der Waals surface area contributed by atoms with Gasteiger partial charge in [-0.25, -0.2) is 0 Å². The van der Waals surface area contributed by atoms with Gasteiger partial charge in [0.2, 0.25) is 6.19 Å². The molecule has 1 aromatic heterocycles. The number of nitrogens with zero attached hydrogens (tertiary/aromatic N) is 4. The summed E-state index contributed by atoms with van der Waals surface area (Å²) in [6, 6.07) is 15.0. The first-order chi connectivity index (χ1) is 10.7. The second kappa shape index (κ2) is 5.97. The van der Waals surface area contributed by atoms with Crippen molar-refractivity contribution in [1.82, 2.24) is 9.78 Å². The first-order valence-electron chi connectivity index (χ1n) is 6.65. The van der Waals surface area contributed by atoms with Gasteiger partial charge in [0.05, 0.1) is 5.52 Å². The molecule has 1 heterocycles. The standard InChI is InChI=1S/C16H13N5O/c1-21-10-12-9-13(7-8-15(12)20-21)19-16(18-11-17)22-14-5-3-2-4-6-14/h2-10H,1H3,(H,18,19). The molecule has 3 aromatic rings. The van der Waals surface area contributed by atoms with Crippen molar-refractivity contribution in [2.45, 2.75) is 0 Å². The first-order valence-corrected chi connectivity index (χ1v) is 6.65. The van der Waals surface area contributed by atoms with Crippen molar-refractivity contribution < 1.29 is 4.74 Å². The SMILES string of the molecule is Cn1cc2cc(NC(=NC#N)Oc3ccccc3)ccc2n1. The highest BCUT2D eigenvalue weighted by molar-refractivity contribution is 5.93. The van der Waals surface area contributed by atoms with Gasteiger partial charge in [-0.15, -0.1) is 4.99 Å². The van der Waals surface area contributed by atoms with Crippen LogP contribution in [-0.2, 0) is 7.05 Å². The van der Waals surface area contributed by atoms with Crippen molar-refractivity contribution in [2.75, 3.05) is 5.32 Å². The monoisotopic (exact) mass is 291 g/mol. The molecule has 2 aromatic carbocycles. The van der Waals surface area contributed by atoms with Crippen LogP contribution in [0.1, 0.15) is 0 Å². The van der Waals surface area contributed by atoms with E-state index in [2.05, 4.69) is 15.4 Å². The largest absolute Gasteiger partial charge is 0.425 e. The smallest absolute Gasteiger partial charge is 0.310 e. The lowest BCUT2D eigenvalue weighted by Gasteiger charge is -2.09. The van der Waals surface area contributed by atoms with Crippen molar-refractivity contribution >= 4 is 22.6 Å². The van der Waals surface area contributed by atoms with Gasteiger partial charge >= 0.3 is 6.02 Å². The van der Waals surface area contributed by atoms with Crippen LogP contribution in [0.15, 0.2) is 59.7 Å². The molecule has 6 heteroatoms. The van der Waals surface area contributed by atoms with Crippen molar-refractivity contribution in [3.8, 4) is 11.9 Å². The highest BCUT2D eigenvalue weighted by atomic mass is 16.5. The summed E-state index contributed by atoms with van der Waals surface area (Å²) in [5, 5.41) is 17.1. The number of para-hydroxylation sites is 1. The van der Waals surface area contributed by atoms with Crippen molar-refractivity contribution in [3.05, 3.63) is 54.7 Å². The molecule has 0 aliphatic rings. The predicted molar refractivity (Wildman–Crippen MR) is 84.5 cm³/mol. The molecule has 0 unspecified atom stereocenters. The molecule has 0 aliphatic heterocycles. The second-order valence-corrected chi connectivity index (χ2v) is 4.63. The number of anilines is 1. The number of nitriles is 1. The number of hydrogen-bond donors (Lipinski definition) is 1. The lowest BCUT2D eigenvalue weighted by molar-refractivity contribution is 0.549. The van der Waals surface area contributed by atoms with Crippen LogP contribution < -0.4 is 10.1 Å². The van der Waals surface area contributed by atoms with E-state index in [1.165, 1.54) is 0 Å². The number of nitrogens with one attached hydrogen (secondary N) is 1. The van der Waals surface area contributed by atoms with Crippen LogP contribution in [0.5, 0.6) is 5.75 Å². The Morgan fingerprint density at radius 2 is 2.09 bits per heavy atom. The minimum atomic E-state index is 0.122. The molecular weight excluding hydrogens is 278 g/mol. The van der Waals surface area contributed by atoms with Crippen LogP contribution >= 0.6 is 0 Å². The van der Waals surface area contributed by atoms with Crippen LogP contribution in [0.3, 0.4) is 0 Å². The normalized spacial score (nSPS) is 11.2. The van der Waals surface area contributed by atoms with Gasteiger partial charge in [0, 0.05) is 24.3 Å². The molecule has 0 atom stereocenters. The van der Waals surface area contributed by atoms with Gasteiger partial charge in [-0.2, -0.15) is 10.4 Å². The van der Waals surface area contributed by atoms with E-state index in [1.807, 2.05) is 49.6 Å². The van der Waals surface area contributed by atoms with Gasteiger partial charge in [-0.05, 0) is 30.3 Å². The Morgan fingerprint density at radius 1 is 1.27 bits per heavy atom. The molecule has 108 valence electrons. The predicted octanol–water partition coefficient (Wildman–Crippen LogP) is 2.90. The van der Waals surface area contributed by atoms with E-state index in [9.17, 15) is 0 Å². The summed E-state index contributed by atoms with van der Waals surface area (Å²) in [5.41, 5.74) is 1.67. The number of aryl methyl sites for hydroxylation is 1. The molecule has 22 heavy (non-hydrogen) atoms. The van der Waals surface area contributed by atoms with E-state index in [1.54, 1.807) is 23.0 Å². The number of aliphatic imine (C=N–C) groups is 1. The number of fused-ring (bicyclic) bond motifs is 1. The van der Waals surface area contributed by atoms with Gasteiger partial charge < -0.3 is 10.1 Å². The fourth-order valence-corrected chi connectivity index (χ4v) is 2.07. The number of rotatable bonds is 2. The third-order valence-electron chi connectivity index (χ3n) is 2.98. The zero-order valence-corrected chi connectivity index (χ0v) is 11.9. The molecule has 6 nitrogen and oxygen atoms in total. The molecule has 0 saturated carbocycles. The lowest BCUT2D eigenvalue weighted by atomic mass is 10.2. The van der Waals surface area contributed by atoms with E-state index in [0.29, 0.717) is 5.75 Å². The molecular formula is C16H13N5O. The topological polar surface area (TPSA) is 75.2 Å². The van der Waals surface area contributed by atoms with Crippen molar-refractivity contribution in [1.29, 1.82) is 5.26 Å². The summed E-state index contributed by atoms with van der Waals surface area (Å²) < 4.78 is 7.32. The maximum atomic E-state index is 8.80. The molecule has 0 saturated heterocycles. The maximum Gasteiger partial charge on any atom is 0.310 e. The molecule has 1 N–H and O–H groups in total. The van der Waals surface area contributed by atoms with Gasteiger partial charge in [0.25, 0.3) is 0 Å². The summed E-state index contributed by atoms with van der Waals surface area (Å²) in [7, 11) is 1.87. The quantitative estimate of drug-likeness (QED) is 0.447. The second-order valence-electron chi connectivity index (χ2n) is 4.63. The number of aromatic nitrogens is 2. The van der Waals surface area contributed by atoms with Crippen molar-refractivity contribution in [3.63, 3.8) is 0 Å². The molecule has 0 aliphatic carbocycles. The van der Waals surface area contributed by atoms with Crippen LogP contribution in [0.2, 0.25) is 0 Å². The van der Waals surface area contributed by atoms with Gasteiger partial charge in [0.15, 0.2) is 0 Å². The van der Waals surface area contributed by atoms with Crippen LogP contribution in [0, 0.1) is 11.5 Å². The molecule has 0 spiro atoms. The third kappa shape index (κ3) is 3.04. The fraction of sp³-hybridized carbons (Fsp3) is 0.0625. The van der Waals surface area contributed by atoms with E-state index in [-0.39, 0.29) is 6.02 Å². The highest BCUT2D eigenvalue weighted by Crippen LogP contribution is 2.18. The Bertz CT molecular complexity index is 861. The Morgan fingerprint density at radius 3 is 2.86 bits per heavy atom. The van der Waals surface area contributed by atoms with Gasteiger partial charge in [0.1, 0.15) is 5.75 Å². The molecule has 3 rings (SSSR count). The Hall–Kier alpha value is -3.33. The van der Waals surface area contributed by atoms with E-state index in [4.69, 9.17) is 10.00 Å². The van der Waals surface area contributed by atoms with Crippen LogP contribution in [0.4, 0.5) is 5.69 Å². The summed E-state index contributed by atoms with van der Waals surface area (Å²) in [5.74, 6) is 0.603. The molecule has 0 bridgehead atoms. The maximum absolute atomic E-state index is 8.80. The van der Waals surface area contributed by atoms with Crippen LogP contribution in [-0.4, -0.2) is 15.8 Å². The number of ether oxygens (including phenoxy) is 1. The summed E-state index contributed by atoms with van der Waals surface area (Å²) in [6.07, 6.45) is 3.65. The number of hydrogen-bond acceptors (Lipinski definition) is 4.